The van der Waals surface area contributed by atoms with Gasteiger partial charge in [0.05, 0.1) is 12.6 Å². The van der Waals surface area contributed by atoms with Crippen molar-refractivity contribution in [2.24, 2.45) is 0 Å². The second kappa shape index (κ2) is 3.37. The first kappa shape index (κ1) is 9.46. The number of aromatic nitrogens is 1. The number of hydrogen-bond acceptors (Lipinski definition) is 2. The Morgan fingerprint density at radius 2 is 2.19 bits per heavy atom. The van der Waals surface area contributed by atoms with Crippen LogP contribution < -0.4 is 10.2 Å². The number of methoxy groups -OCH3 is 1. The van der Waals surface area contributed by atoms with Crippen LogP contribution >= 0.6 is 0 Å². The lowest BCUT2D eigenvalue weighted by molar-refractivity contribution is 0.419. The van der Waals surface area contributed by atoms with Gasteiger partial charge in [-0.05, 0) is 30.9 Å². The maximum atomic E-state index is 11.9. The molecule has 0 atom stereocenters. The van der Waals surface area contributed by atoms with Crippen LogP contribution in [0.1, 0.15) is 24.5 Å². The highest BCUT2D eigenvalue weighted by atomic mass is 16.5. The smallest absolute Gasteiger partial charge is 0.189 e. The number of hydrogen-bond donors (Lipinski definition) is 1. The Morgan fingerprint density at radius 1 is 1.38 bits per heavy atom. The third-order valence-electron chi connectivity index (χ3n) is 3.08. The summed E-state index contributed by atoms with van der Waals surface area (Å²) in [4.78, 5) is 15.2. The van der Waals surface area contributed by atoms with Gasteiger partial charge in [-0.25, -0.2) is 0 Å². The van der Waals surface area contributed by atoms with Crippen molar-refractivity contribution in [1.29, 1.82) is 0 Å². The zero-order valence-electron chi connectivity index (χ0n) is 9.12. The van der Waals surface area contributed by atoms with Crippen LogP contribution in [0.25, 0.3) is 10.9 Å². The minimum absolute atomic E-state index is 0.0783. The van der Waals surface area contributed by atoms with Gasteiger partial charge in [0.15, 0.2) is 5.43 Å². The molecule has 0 unspecified atom stereocenters. The van der Waals surface area contributed by atoms with Crippen LogP contribution in [-0.4, -0.2) is 12.1 Å². The molecule has 0 spiro atoms. The molecule has 16 heavy (non-hydrogen) atoms. The highest BCUT2D eigenvalue weighted by Gasteiger charge is 2.25. The molecule has 1 aromatic carbocycles. The van der Waals surface area contributed by atoms with E-state index in [0.29, 0.717) is 11.3 Å². The number of aromatic amines is 1. The van der Waals surface area contributed by atoms with Crippen molar-refractivity contribution < 1.29 is 4.74 Å². The van der Waals surface area contributed by atoms with Crippen LogP contribution in [-0.2, 0) is 0 Å². The Morgan fingerprint density at radius 3 is 2.88 bits per heavy atom. The van der Waals surface area contributed by atoms with Gasteiger partial charge in [-0.2, -0.15) is 0 Å². The van der Waals surface area contributed by atoms with Gasteiger partial charge in [-0.15, -0.1) is 0 Å². The van der Waals surface area contributed by atoms with Crippen molar-refractivity contribution in [1.82, 2.24) is 4.98 Å². The molecule has 3 nitrogen and oxygen atoms in total. The lowest BCUT2D eigenvalue weighted by Crippen LogP contribution is -2.05. The van der Waals surface area contributed by atoms with Gasteiger partial charge in [0, 0.05) is 17.1 Å². The molecule has 1 fully saturated rings. The molecule has 2 aromatic rings. The number of fused-ring (bicyclic) bond motifs is 1. The van der Waals surface area contributed by atoms with E-state index < -0.39 is 0 Å². The fraction of sp³-hybridized carbons (Fsp3) is 0.308. The van der Waals surface area contributed by atoms with Gasteiger partial charge in [-0.1, -0.05) is 6.07 Å². The Kier molecular flexibility index (Phi) is 1.99. The van der Waals surface area contributed by atoms with Gasteiger partial charge < -0.3 is 9.72 Å². The fourth-order valence-corrected chi connectivity index (χ4v) is 2.05. The van der Waals surface area contributed by atoms with Crippen molar-refractivity contribution >= 4 is 10.9 Å². The maximum absolute atomic E-state index is 11.9. The van der Waals surface area contributed by atoms with Crippen LogP contribution in [0, 0.1) is 0 Å². The summed E-state index contributed by atoms with van der Waals surface area (Å²) in [6.45, 7) is 0. The first-order valence-electron chi connectivity index (χ1n) is 5.49. The van der Waals surface area contributed by atoms with E-state index in [1.54, 1.807) is 13.2 Å². The van der Waals surface area contributed by atoms with Crippen molar-refractivity contribution in [3.63, 3.8) is 0 Å². The van der Waals surface area contributed by atoms with E-state index in [1.165, 1.54) is 12.8 Å². The quantitative estimate of drug-likeness (QED) is 0.835. The molecule has 1 aromatic heterocycles. The Labute approximate surface area is 93.1 Å². The minimum Gasteiger partial charge on any atom is -0.495 e. The predicted molar refractivity (Wildman–Crippen MR) is 63.1 cm³/mol. The molecule has 0 saturated heterocycles. The molecule has 0 bridgehead atoms. The summed E-state index contributed by atoms with van der Waals surface area (Å²) in [6, 6.07) is 7.26. The number of ether oxygens (including phenoxy) is 1. The van der Waals surface area contributed by atoms with Gasteiger partial charge in [0.1, 0.15) is 5.75 Å². The number of pyridine rings is 1. The molecule has 1 aliphatic carbocycles. The van der Waals surface area contributed by atoms with Crippen LogP contribution in [0.15, 0.2) is 29.1 Å². The zero-order valence-corrected chi connectivity index (χ0v) is 9.12. The van der Waals surface area contributed by atoms with Crippen LogP contribution in [0.4, 0.5) is 0 Å². The standard InChI is InChI=1S/C13H13NO2/c1-16-12-4-2-3-9-11(15)7-10(8-5-6-8)14-13(9)12/h2-4,7-8H,5-6H2,1H3,(H,14,15). The van der Waals surface area contributed by atoms with E-state index in [1.807, 2.05) is 18.2 Å². The van der Waals surface area contributed by atoms with Crippen molar-refractivity contribution in [3.05, 3.63) is 40.2 Å². The summed E-state index contributed by atoms with van der Waals surface area (Å²) in [5, 5.41) is 0.698. The molecule has 1 heterocycles. The van der Waals surface area contributed by atoms with E-state index >= 15 is 0 Å². The highest BCUT2D eigenvalue weighted by molar-refractivity contribution is 5.84. The van der Waals surface area contributed by atoms with Crippen molar-refractivity contribution in [3.8, 4) is 5.75 Å². The fourth-order valence-electron chi connectivity index (χ4n) is 2.05. The molecule has 3 heteroatoms. The summed E-state index contributed by atoms with van der Waals surface area (Å²) >= 11 is 0. The lowest BCUT2D eigenvalue weighted by atomic mass is 10.1. The highest BCUT2D eigenvalue weighted by Crippen LogP contribution is 2.39. The van der Waals surface area contributed by atoms with Crippen molar-refractivity contribution in [2.75, 3.05) is 7.11 Å². The molecule has 1 N–H and O–H groups in total. The van der Waals surface area contributed by atoms with E-state index in [9.17, 15) is 4.79 Å². The SMILES string of the molecule is COc1cccc2c(=O)cc(C3CC3)[nH]c12. The normalized spacial score (nSPS) is 15.3. The topological polar surface area (TPSA) is 42.1 Å². The van der Waals surface area contributed by atoms with Crippen molar-refractivity contribution in [2.45, 2.75) is 18.8 Å². The van der Waals surface area contributed by atoms with E-state index in [-0.39, 0.29) is 5.43 Å². The first-order valence-corrected chi connectivity index (χ1v) is 5.49. The summed E-state index contributed by atoms with van der Waals surface area (Å²) in [6.07, 6.45) is 2.35. The molecule has 1 aliphatic rings. The third-order valence-corrected chi connectivity index (χ3v) is 3.08. The molecule has 82 valence electrons. The van der Waals surface area contributed by atoms with Gasteiger partial charge in [-0.3, -0.25) is 4.79 Å². The van der Waals surface area contributed by atoms with Gasteiger partial charge >= 0.3 is 0 Å². The molecule has 1 saturated carbocycles. The average Bonchev–Trinajstić information content (AvgIpc) is 3.12. The number of H-pyrrole nitrogens is 1. The van der Waals surface area contributed by atoms with E-state index in [0.717, 1.165) is 17.0 Å². The molecule has 0 radical (unpaired) electrons. The first-order chi connectivity index (χ1) is 7.79. The number of para-hydroxylation sites is 1. The Bertz CT molecular complexity index is 596. The van der Waals surface area contributed by atoms with Crippen LogP contribution in [0.5, 0.6) is 5.75 Å². The second-order valence-electron chi connectivity index (χ2n) is 4.25. The number of nitrogens with one attached hydrogen (secondary N) is 1. The maximum Gasteiger partial charge on any atom is 0.189 e. The molecule has 0 aliphatic heterocycles. The average molecular weight is 215 g/mol. The Hall–Kier alpha value is -1.77. The van der Waals surface area contributed by atoms with E-state index in [4.69, 9.17) is 4.74 Å². The monoisotopic (exact) mass is 215 g/mol. The number of rotatable bonds is 2. The van der Waals surface area contributed by atoms with E-state index in [2.05, 4.69) is 4.98 Å². The summed E-state index contributed by atoms with van der Waals surface area (Å²) < 4.78 is 5.27. The minimum atomic E-state index is 0.0783. The lowest BCUT2D eigenvalue weighted by Gasteiger charge is -2.07. The third kappa shape index (κ3) is 1.40. The van der Waals surface area contributed by atoms with Gasteiger partial charge in [0.25, 0.3) is 0 Å². The largest absolute Gasteiger partial charge is 0.495 e. The summed E-state index contributed by atoms with van der Waals surface area (Å²) in [7, 11) is 1.62. The zero-order chi connectivity index (χ0) is 11.1. The van der Waals surface area contributed by atoms with Gasteiger partial charge in [0.2, 0.25) is 0 Å². The van der Waals surface area contributed by atoms with Crippen LogP contribution in [0.3, 0.4) is 0 Å². The molecular formula is C13H13NO2. The Balaban J connectivity index is 2.33. The molecule has 3 rings (SSSR count). The summed E-state index contributed by atoms with van der Waals surface area (Å²) in [5.74, 6) is 1.28. The predicted octanol–water partition coefficient (Wildman–Crippen LogP) is 2.41. The van der Waals surface area contributed by atoms with Crippen LogP contribution in [0.2, 0.25) is 0 Å². The summed E-state index contributed by atoms with van der Waals surface area (Å²) in [5.41, 5.74) is 1.94. The molecule has 0 amide bonds. The molecular weight excluding hydrogens is 202 g/mol. The number of benzene rings is 1. The second-order valence-corrected chi connectivity index (χ2v) is 4.25.